The maximum Gasteiger partial charge on any atom is 0.331 e. The first kappa shape index (κ1) is 27.1. The number of hydrogen-bond donors (Lipinski definition) is 5. The smallest absolute Gasteiger partial charge is 0.331 e. The second-order valence-electron chi connectivity index (χ2n) is 13.5. The fourth-order valence-corrected chi connectivity index (χ4v) is 9.86. The Bertz CT molecular complexity index is 968. The molecule has 4 saturated carbocycles. The SMILES string of the molecule is C[C@]12CC[C@H](O[C@@H]3O[C@H](CO)[C@H](O)[C@H](O)[C@H]3O)CC1CCC1C2CC[C@]2(C)[C@@H](C3=CC(=O)OC3)CC[C@]12O. The van der Waals surface area contributed by atoms with Crippen LogP contribution in [-0.2, 0) is 19.0 Å². The van der Waals surface area contributed by atoms with Gasteiger partial charge in [-0.1, -0.05) is 13.8 Å². The molecule has 4 aliphatic carbocycles. The number of fused-ring (bicyclic) bond motifs is 5. The van der Waals surface area contributed by atoms with Gasteiger partial charge in [0, 0.05) is 11.5 Å². The van der Waals surface area contributed by atoms with Gasteiger partial charge in [-0.05, 0) is 92.4 Å². The van der Waals surface area contributed by atoms with Gasteiger partial charge in [-0.25, -0.2) is 4.79 Å². The van der Waals surface area contributed by atoms with Crippen LogP contribution in [0, 0.1) is 34.5 Å². The van der Waals surface area contributed by atoms with Gasteiger partial charge in [-0.2, -0.15) is 0 Å². The Morgan fingerprint density at radius 2 is 1.76 bits per heavy atom. The largest absolute Gasteiger partial charge is 0.458 e. The van der Waals surface area contributed by atoms with Gasteiger partial charge in [-0.15, -0.1) is 0 Å². The van der Waals surface area contributed by atoms with Crippen LogP contribution in [0.2, 0.25) is 0 Å². The van der Waals surface area contributed by atoms with Crippen LogP contribution in [0.1, 0.15) is 71.6 Å². The van der Waals surface area contributed by atoms with Gasteiger partial charge >= 0.3 is 5.97 Å². The minimum atomic E-state index is -1.44. The molecule has 0 aromatic rings. The standard InChI is InChI=1S/C29H44O9/c1-27-8-5-17(37-26-25(34)24(33)23(32)21(13-30)38-26)12-16(27)3-4-20-19(27)6-9-28(2)18(7-10-29(20,28)35)15-11-22(31)36-14-15/h11,16-21,23-26,30,32-35H,3-10,12-14H2,1-2H3/t16?,17-,18+,19?,20?,21+,23-,24-,25+,26+,27-,28+,29-/m0/s1. The lowest BCUT2D eigenvalue weighted by atomic mass is 9.43. The lowest BCUT2D eigenvalue weighted by Crippen LogP contribution is -2.63. The Kier molecular flexibility index (Phi) is 6.78. The second kappa shape index (κ2) is 9.50. The topological polar surface area (TPSA) is 146 Å². The van der Waals surface area contributed by atoms with Crippen molar-refractivity contribution < 1.29 is 44.5 Å². The molecule has 0 bridgehead atoms. The van der Waals surface area contributed by atoms with Crippen LogP contribution >= 0.6 is 0 Å². The van der Waals surface area contributed by atoms with Crippen molar-refractivity contribution in [2.45, 2.75) is 114 Å². The maximum atomic E-state index is 12.4. The molecule has 0 radical (unpaired) electrons. The van der Waals surface area contributed by atoms with Crippen molar-refractivity contribution in [3.63, 3.8) is 0 Å². The zero-order valence-corrected chi connectivity index (χ0v) is 22.5. The van der Waals surface area contributed by atoms with Crippen molar-refractivity contribution in [2.75, 3.05) is 13.2 Å². The van der Waals surface area contributed by atoms with E-state index >= 15 is 0 Å². The summed E-state index contributed by atoms with van der Waals surface area (Å²) in [6.45, 7) is 4.52. The lowest BCUT2D eigenvalue weighted by Gasteiger charge is -2.64. The molecule has 2 heterocycles. The number of esters is 1. The zero-order valence-electron chi connectivity index (χ0n) is 22.5. The van der Waals surface area contributed by atoms with E-state index in [1.807, 2.05) is 0 Å². The van der Waals surface area contributed by atoms with Gasteiger partial charge in [-0.3, -0.25) is 0 Å². The van der Waals surface area contributed by atoms with E-state index in [1.54, 1.807) is 6.08 Å². The molecule has 0 aromatic carbocycles. The fraction of sp³-hybridized carbons (Fsp3) is 0.897. The number of cyclic esters (lactones) is 1. The Morgan fingerprint density at radius 1 is 0.974 bits per heavy atom. The quantitative estimate of drug-likeness (QED) is 0.266. The number of aliphatic hydroxyl groups is 5. The van der Waals surface area contributed by atoms with Gasteiger partial charge in [0.15, 0.2) is 6.29 Å². The third-order valence-electron chi connectivity index (χ3n) is 12.1. The summed E-state index contributed by atoms with van der Waals surface area (Å²) in [7, 11) is 0. The maximum absolute atomic E-state index is 12.4. The molecule has 6 rings (SSSR count). The molecule has 0 amide bonds. The first-order valence-corrected chi connectivity index (χ1v) is 14.6. The highest BCUT2D eigenvalue weighted by molar-refractivity contribution is 5.85. The molecule has 3 unspecified atom stereocenters. The Morgan fingerprint density at radius 3 is 2.47 bits per heavy atom. The van der Waals surface area contributed by atoms with Crippen molar-refractivity contribution in [2.24, 2.45) is 34.5 Å². The Labute approximate surface area is 224 Å². The fourth-order valence-electron chi connectivity index (χ4n) is 9.86. The summed E-state index contributed by atoms with van der Waals surface area (Å²) in [5.74, 6) is 0.994. The Hall–Kier alpha value is -1.07. The average Bonchev–Trinajstić information content (AvgIpc) is 3.44. The summed E-state index contributed by atoms with van der Waals surface area (Å²) in [6.07, 6.45) is 3.41. The molecule has 2 aliphatic heterocycles. The predicted molar refractivity (Wildman–Crippen MR) is 134 cm³/mol. The van der Waals surface area contributed by atoms with Gasteiger partial charge in [0.05, 0.1) is 18.3 Å². The summed E-state index contributed by atoms with van der Waals surface area (Å²) >= 11 is 0. The van der Waals surface area contributed by atoms with Crippen LogP contribution in [0.15, 0.2) is 11.6 Å². The molecule has 1 saturated heterocycles. The number of rotatable bonds is 4. The number of ether oxygens (including phenoxy) is 3. The van der Waals surface area contributed by atoms with E-state index in [-0.39, 0.29) is 34.7 Å². The zero-order chi connectivity index (χ0) is 27.0. The molecule has 0 aromatic heterocycles. The molecule has 214 valence electrons. The highest BCUT2D eigenvalue weighted by Gasteiger charge is 2.67. The van der Waals surface area contributed by atoms with E-state index in [9.17, 15) is 30.3 Å². The molecule has 9 heteroatoms. The summed E-state index contributed by atoms with van der Waals surface area (Å²) < 4.78 is 17.0. The van der Waals surface area contributed by atoms with Gasteiger partial charge in [0.2, 0.25) is 0 Å². The first-order valence-electron chi connectivity index (χ1n) is 14.6. The van der Waals surface area contributed by atoms with Crippen molar-refractivity contribution >= 4 is 5.97 Å². The summed E-state index contributed by atoms with van der Waals surface area (Å²) in [4.78, 5) is 11.8. The number of aliphatic hydroxyl groups excluding tert-OH is 4. The van der Waals surface area contributed by atoms with Crippen LogP contribution < -0.4 is 0 Å². The number of carbonyl (C=O) groups excluding carboxylic acids is 1. The van der Waals surface area contributed by atoms with Crippen LogP contribution in [-0.4, -0.2) is 87.1 Å². The third kappa shape index (κ3) is 3.87. The molecular weight excluding hydrogens is 492 g/mol. The van der Waals surface area contributed by atoms with Crippen molar-refractivity contribution in [1.82, 2.24) is 0 Å². The first-order chi connectivity index (χ1) is 18.0. The van der Waals surface area contributed by atoms with E-state index < -0.39 is 42.9 Å². The number of hydrogen-bond acceptors (Lipinski definition) is 9. The van der Waals surface area contributed by atoms with E-state index in [0.717, 1.165) is 63.4 Å². The van der Waals surface area contributed by atoms with Crippen molar-refractivity contribution in [1.29, 1.82) is 0 Å². The van der Waals surface area contributed by atoms with Gasteiger partial charge < -0.3 is 39.7 Å². The number of carbonyl (C=O) groups is 1. The third-order valence-corrected chi connectivity index (χ3v) is 12.1. The van der Waals surface area contributed by atoms with Crippen molar-refractivity contribution in [3.05, 3.63) is 11.6 Å². The normalized spacial score (nSPS) is 54.5. The molecule has 5 fully saturated rings. The van der Waals surface area contributed by atoms with E-state index in [4.69, 9.17) is 14.2 Å². The average molecular weight is 537 g/mol. The van der Waals surface area contributed by atoms with E-state index in [1.165, 1.54) is 0 Å². The second-order valence-corrected chi connectivity index (χ2v) is 13.5. The van der Waals surface area contributed by atoms with E-state index in [2.05, 4.69) is 13.8 Å². The lowest BCUT2D eigenvalue weighted by molar-refractivity contribution is -0.317. The van der Waals surface area contributed by atoms with Crippen LogP contribution in [0.5, 0.6) is 0 Å². The molecule has 0 spiro atoms. The molecular formula is C29H44O9. The highest BCUT2D eigenvalue weighted by Crippen LogP contribution is 2.70. The highest BCUT2D eigenvalue weighted by atomic mass is 16.7. The van der Waals surface area contributed by atoms with Gasteiger partial charge in [0.1, 0.15) is 31.0 Å². The molecule has 13 atom stereocenters. The van der Waals surface area contributed by atoms with Crippen molar-refractivity contribution in [3.8, 4) is 0 Å². The minimum Gasteiger partial charge on any atom is -0.458 e. The van der Waals surface area contributed by atoms with Crippen LogP contribution in [0.3, 0.4) is 0 Å². The molecule has 6 aliphatic rings. The van der Waals surface area contributed by atoms with Crippen LogP contribution in [0.25, 0.3) is 0 Å². The molecule has 5 N–H and O–H groups in total. The summed E-state index contributed by atoms with van der Waals surface area (Å²) in [6, 6.07) is 0. The predicted octanol–water partition coefficient (Wildman–Crippen LogP) is 1.43. The molecule has 9 nitrogen and oxygen atoms in total. The minimum absolute atomic E-state index is 0.0823. The Balaban J connectivity index is 1.15. The monoisotopic (exact) mass is 536 g/mol. The molecule has 38 heavy (non-hydrogen) atoms. The summed E-state index contributed by atoms with van der Waals surface area (Å²) in [5, 5.41) is 52.6. The van der Waals surface area contributed by atoms with Crippen LogP contribution in [0.4, 0.5) is 0 Å². The summed E-state index contributed by atoms with van der Waals surface area (Å²) in [5.41, 5.74) is 0.141. The van der Waals surface area contributed by atoms with E-state index in [0.29, 0.717) is 18.4 Å². The van der Waals surface area contributed by atoms with Gasteiger partial charge in [0.25, 0.3) is 0 Å².